The van der Waals surface area contributed by atoms with Gasteiger partial charge in [0, 0.05) is 18.8 Å². The zero-order chi connectivity index (χ0) is 16.4. The van der Waals surface area contributed by atoms with Crippen molar-refractivity contribution < 1.29 is 4.74 Å². The Kier molecular flexibility index (Phi) is 4.11. The fourth-order valence-electron chi connectivity index (χ4n) is 3.51. The SMILES string of the molecule is NC1=N[C@@H](CCc2ccc(N3CCc4ccccc4C3)cc2)CO1. The molecule has 0 unspecified atom stereocenters. The second kappa shape index (κ2) is 6.56. The van der Waals surface area contributed by atoms with Crippen molar-refractivity contribution in [3.8, 4) is 0 Å². The van der Waals surface area contributed by atoms with E-state index in [1.165, 1.54) is 22.4 Å². The van der Waals surface area contributed by atoms with E-state index >= 15 is 0 Å². The predicted molar refractivity (Wildman–Crippen MR) is 97.3 cm³/mol. The molecule has 1 atom stereocenters. The lowest BCUT2D eigenvalue weighted by molar-refractivity contribution is 0.308. The summed E-state index contributed by atoms with van der Waals surface area (Å²) in [6.45, 7) is 2.71. The number of hydrogen-bond acceptors (Lipinski definition) is 4. The smallest absolute Gasteiger partial charge is 0.282 e. The van der Waals surface area contributed by atoms with E-state index in [2.05, 4.69) is 58.4 Å². The second-order valence-electron chi connectivity index (χ2n) is 6.58. The minimum Gasteiger partial charge on any atom is -0.463 e. The third-order valence-corrected chi connectivity index (χ3v) is 4.93. The summed E-state index contributed by atoms with van der Waals surface area (Å²) >= 11 is 0. The van der Waals surface area contributed by atoms with Gasteiger partial charge in [0.05, 0.1) is 6.04 Å². The van der Waals surface area contributed by atoms with Crippen LogP contribution in [0.25, 0.3) is 0 Å². The van der Waals surface area contributed by atoms with Gasteiger partial charge in [-0.25, -0.2) is 4.99 Å². The van der Waals surface area contributed by atoms with Gasteiger partial charge >= 0.3 is 0 Å². The van der Waals surface area contributed by atoms with Crippen LogP contribution in [0, 0.1) is 0 Å². The molecule has 2 heterocycles. The maximum atomic E-state index is 5.55. The molecule has 124 valence electrons. The van der Waals surface area contributed by atoms with Gasteiger partial charge in [-0.2, -0.15) is 0 Å². The highest BCUT2D eigenvalue weighted by atomic mass is 16.5. The Labute approximate surface area is 143 Å². The number of nitrogens with two attached hydrogens (primary N) is 1. The molecule has 2 aromatic rings. The molecule has 4 nitrogen and oxygen atoms in total. The topological polar surface area (TPSA) is 50.8 Å². The van der Waals surface area contributed by atoms with Crippen LogP contribution >= 0.6 is 0 Å². The third-order valence-electron chi connectivity index (χ3n) is 4.93. The van der Waals surface area contributed by atoms with Crippen molar-refractivity contribution >= 4 is 11.7 Å². The van der Waals surface area contributed by atoms with E-state index in [-0.39, 0.29) is 6.04 Å². The average Bonchev–Trinajstić information content (AvgIpc) is 3.05. The number of anilines is 1. The molecule has 24 heavy (non-hydrogen) atoms. The summed E-state index contributed by atoms with van der Waals surface area (Å²) in [4.78, 5) is 6.74. The third kappa shape index (κ3) is 3.23. The molecule has 0 saturated carbocycles. The maximum absolute atomic E-state index is 5.55. The zero-order valence-corrected chi connectivity index (χ0v) is 13.8. The number of ether oxygens (including phenoxy) is 1. The van der Waals surface area contributed by atoms with Crippen LogP contribution in [0.1, 0.15) is 23.1 Å². The molecular formula is C20H23N3O. The lowest BCUT2D eigenvalue weighted by Crippen LogP contribution is -2.30. The van der Waals surface area contributed by atoms with Gasteiger partial charge in [-0.05, 0) is 48.1 Å². The van der Waals surface area contributed by atoms with Crippen LogP contribution in [0.15, 0.2) is 53.5 Å². The van der Waals surface area contributed by atoms with Crippen LogP contribution in [0.4, 0.5) is 5.69 Å². The summed E-state index contributed by atoms with van der Waals surface area (Å²) in [5, 5.41) is 0. The Hall–Kier alpha value is -2.49. The van der Waals surface area contributed by atoms with E-state index < -0.39 is 0 Å². The van der Waals surface area contributed by atoms with Crippen molar-refractivity contribution in [2.45, 2.75) is 31.8 Å². The minimum absolute atomic E-state index is 0.211. The largest absolute Gasteiger partial charge is 0.463 e. The van der Waals surface area contributed by atoms with Gasteiger partial charge in [-0.1, -0.05) is 36.4 Å². The Morgan fingerprint density at radius 1 is 1.08 bits per heavy atom. The van der Waals surface area contributed by atoms with Gasteiger partial charge in [0.15, 0.2) is 0 Å². The van der Waals surface area contributed by atoms with Crippen LogP contribution in [0.5, 0.6) is 0 Å². The molecule has 0 fully saturated rings. The van der Waals surface area contributed by atoms with E-state index in [1.54, 1.807) is 0 Å². The molecular weight excluding hydrogens is 298 g/mol. The fourth-order valence-corrected chi connectivity index (χ4v) is 3.51. The first-order valence-corrected chi connectivity index (χ1v) is 8.65. The van der Waals surface area contributed by atoms with Crippen molar-refractivity contribution in [3.05, 3.63) is 65.2 Å². The molecule has 0 saturated heterocycles. The van der Waals surface area contributed by atoms with E-state index in [4.69, 9.17) is 10.5 Å². The lowest BCUT2D eigenvalue weighted by atomic mass is 9.99. The van der Waals surface area contributed by atoms with Crippen molar-refractivity contribution in [2.75, 3.05) is 18.1 Å². The molecule has 2 aliphatic heterocycles. The Balaban J connectivity index is 1.38. The summed E-state index contributed by atoms with van der Waals surface area (Å²) in [7, 11) is 0. The first-order chi connectivity index (χ1) is 11.8. The van der Waals surface area contributed by atoms with Gasteiger partial charge in [0.25, 0.3) is 6.02 Å². The fraction of sp³-hybridized carbons (Fsp3) is 0.350. The number of nitrogens with zero attached hydrogens (tertiary/aromatic N) is 2. The number of rotatable bonds is 4. The Morgan fingerprint density at radius 2 is 1.88 bits per heavy atom. The zero-order valence-electron chi connectivity index (χ0n) is 13.8. The van der Waals surface area contributed by atoms with Crippen molar-refractivity contribution in [1.29, 1.82) is 0 Å². The second-order valence-corrected chi connectivity index (χ2v) is 6.58. The summed E-state index contributed by atoms with van der Waals surface area (Å²) < 4.78 is 5.20. The highest BCUT2D eigenvalue weighted by Gasteiger charge is 2.17. The molecule has 2 aromatic carbocycles. The first kappa shape index (κ1) is 15.1. The van der Waals surface area contributed by atoms with Crippen molar-refractivity contribution in [3.63, 3.8) is 0 Å². The highest BCUT2D eigenvalue weighted by Crippen LogP contribution is 2.25. The molecule has 0 aliphatic carbocycles. The van der Waals surface area contributed by atoms with Crippen LogP contribution < -0.4 is 10.6 Å². The Morgan fingerprint density at radius 3 is 2.62 bits per heavy atom. The van der Waals surface area contributed by atoms with E-state index in [0.29, 0.717) is 12.6 Å². The molecule has 0 spiro atoms. The number of amidine groups is 1. The first-order valence-electron chi connectivity index (χ1n) is 8.65. The van der Waals surface area contributed by atoms with Gasteiger partial charge in [-0.3, -0.25) is 0 Å². The Bertz CT molecular complexity index is 739. The van der Waals surface area contributed by atoms with Gasteiger partial charge in [0.2, 0.25) is 0 Å². The van der Waals surface area contributed by atoms with Crippen molar-refractivity contribution in [2.24, 2.45) is 10.7 Å². The average molecular weight is 321 g/mol. The lowest BCUT2D eigenvalue weighted by Gasteiger charge is -2.30. The number of fused-ring (bicyclic) bond motifs is 1. The summed E-state index contributed by atoms with van der Waals surface area (Å²) in [5.41, 5.74) is 11.1. The molecule has 0 radical (unpaired) electrons. The number of aryl methyl sites for hydroxylation is 1. The van der Waals surface area contributed by atoms with Gasteiger partial charge < -0.3 is 15.4 Å². The van der Waals surface area contributed by atoms with Gasteiger partial charge in [-0.15, -0.1) is 0 Å². The van der Waals surface area contributed by atoms with Crippen LogP contribution in [-0.2, 0) is 24.1 Å². The molecule has 4 rings (SSSR count). The highest BCUT2D eigenvalue weighted by molar-refractivity contribution is 5.73. The predicted octanol–water partition coefficient (Wildman–Crippen LogP) is 2.90. The van der Waals surface area contributed by atoms with E-state index in [9.17, 15) is 0 Å². The van der Waals surface area contributed by atoms with E-state index in [1.807, 2.05) is 0 Å². The van der Waals surface area contributed by atoms with Crippen molar-refractivity contribution in [1.82, 2.24) is 0 Å². The maximum Gasteiger partial charge on any atom is 0.282 e. The van der Waals surface area contributed by atoms with Crippen LogP contribution in [0.2, 0.25) is 0 Å². The summed E-state index contributed by atoms with van der Waals surface area (Å²) in [6.07, 6.45) is 3.12. The van der Waals surface area contributed by atoms with Crippen LogP contribution in [-0.4, -0.2) is 25.2 Å². The minimum atomic E-state index is 0.211. The van der Waals surface area contributed by atoms with E-state index in [0.717, 1.165) is 32.4 Å². The molecule has 0 aromatic heterocycles. The number of benzene rings is 2. The quantitative estimate of drug-likeness (QED) is 0.942. The molecule has 0 bridgehead atoms. The molecule has 4 heteroatoms. The summed E-state index contributed by atoms with van der Waals surface area (Å²) in [5.74, 6) is 0. The normalized spacial score (nSPS) is 19.6. The number of hydrogen-bond donors (Lipinski definition) is 1. The molecule has 2 N–H and O–H groups in total. The standard InChI is InChI=1S/C20H23N3O/c21-20-22-18(14-24-20)8-5-15-6-9-19(10-7-15)23-12-11-16-3-1-2-4-17(16)13-23/h1-4,6-7,9-10,18H,5,8,11-14H2,(H2,21,22)/t18-/m0/s1. The number of aliphatic imine (C=N–C) groups is 1. The van der Waals surface area contributed by atoms with Gasteiger partial charge in [0.1, 0.15) is 6.61 Å². The summed E-state index contributed by atoms with van der Waals surface area (Å²) in [6, 6.07) is 18.3. The van der Waals surface area contributed by atoms with Crippen LogP contribution in [0.3, 0.4) is 0 Å². The molecule has 2 aliphatic rings. The monoisotopic (exact) mass is 321 g/mol. The molecule has 0 amide bonds.